The first kappa shape index (κ1) is 50.8. The van der Waals surface area contributed by atoms with Crippen molar-refractivity contribution >= 4 is 11.9 Å². The zero-order chi connectivity index (χ0) is 38.0. The molecule has 1 N–H and O–H groups in total. The Hall–Kier alpha value is -1.21. The third-order valence-corrected chi connectivity index (χ3v) is 10.6. The highest BCUT2D eigenvalue weighted by Gasteiger charge is 2.13. The van der Waals surface area contributed by atoms with Gasteiger partial charge < -0.3 is 19.5 Å². The molecule has 0 heterocycles. The van der Waals surface area contributed by atoms with Crippen LogP contribution in [0.25, 0.3) is 0 Å². The number of carbonyl (C=O) groups is 2. The van der Waals surface area contributed by atoms with Crippen LogP contribution >= 0.6 is 0 Å². The molecule has 7 heteroatoms. The van der Waals surface area contributed by atoms with Gasteiger partial charge in [0.05, 0.1) is 26.5 Å². The Labute approximate surface area is 322 Å². The molecule has 0 bridgehead atoms. The second-order valence-electron chi connectivity index (χ2n) is 15.6. The van der Waals surface area contributed by atoms with E-state index in [1.807, 2.05) is 0 Å². The summed E-state index contributed by atoms with van der Waals surface area (Å²) < 4.78 is 23.5. The number of aliphatic hydroxyl groups excluding tert-OH is 1. The number of unbranched alkanes of at least 4 members (excludes halogenated alkanes) is 24. The van der Waals surface area contributed by atoms with Crippen LogP contribution in [0.3, 0.4) is 0 Å². The lowest BCUT2D eigenvalue weighted by molar-refractivity contribution is -0.145. The fraction of sp³-hybridized carbons (Fsp3) is 0.956. The molecule has 0 aromatic rings. The molecule has 0 spiro atoms. The number of aliphatic hydroxyl groups is 1. The summed E-state index contributed by atoms with van der Waals surface area (Å²) >= 11 is 0. The molecule has 0 aromatic carbocycles. The first-order valence-electron chi connectivity index (χ1n) is 22.8. The third kappa shape index (κ3) is 38.5. The lowest BCUT2D eigenvalue weighted by atomic mass is 9.94. The van der Waals surface area contributed by atoms with E-state index in [4.69, 9.17) is 9.47 Å². The van der Waals surface area contributed by atoms with E-state index in [2.05, 4.69) is 18.7 Å². The van der Waals surface area contributed by atoms with Gasteiger partial charge in [-0.15, -0.1) is 0 Å². The molecule has 0 radical (unpaired) electrons. The standard InChI is InChI=1S/C45H88FNO5/c1-3-5-7-9-13-23-31-41-51-44(49)34-26-18-14-21-29-37-47(39-40-48)38-30-22-15-19-27-35-45(50)52-42-43(32-24-16-10-8-6-4-2)33-25-17-11-12-20-28-36-46/h43,48H,3-42H2,1-2H3. The molecule has 0 amide bonds. The van der Waals surface area contributed by atoms with Crippen molar-refractivity contribution in [1.29, 1.82) is 0 Å². The Bertz CT molecular complexity index is 739. The average molecular weight is 742 g/mol. The summed E-state index contributed by atoms with van der Waals surface area (Å²) in [5.74, 6) is 0.402. The number of alkyl halides is 1. The van der Waals surface area contributed by atoms with Gasteiger partial charge in [0.1, 0.15) is 0 Å². The fourth-order valence-electron chi connectivity index (χ4n) is 7.11. The summed E-state index contributed by atoms with van der Waals surface area (Å²) in [5, 5.41) is 9.53. The predicted octanol–water partition coefficient (Wildman–Crippen LogP) is 12.9. The Balaban J connectivity index is 3.93. The summed E-state index contributed by atoms with van der Waals surface area (Å²) in [5.41, 5.74) is 0. The summed E-state index contributed by atoms with van der Waals surface area (Å²) in [6.45, 7) is 8.42. The lowest BCUT2D eigenvalue weighted by Gasteiger charge is -2.21. The number of hydrogen-bond acceptors (Lipinski definition) is 6. The molecule has 0 saturated heterocycles. The molecule has 1 unspecified atom stereocenters. The maximum Gasteiger partial charge on any atom is 0.305 e. The second kappa shape index (κ2) is 42.5. The van der Waals surface area contributed by atoms with E-state index in [1.165, 1.54) is 89.9 Å². The van der Waals surface area contributed by atoms with E-state index in [-0.39, 0.29) is 25.2 Å². The topological polar surface area (TPSA) is 76.1 Å². The van der Waals surface area contributed by atoms with Crippen molar-refractivity contribution in [3.8, 4) is 0 Å². The van der Waals surface area contributed by atoms with Crippen molar-refractivity contribution < 1.29 is 28.6 Å². The van der Waals surface area contributed by atoms with Crippen LogP contribution in [0.1, 0.15) is 226 Å². The van der Waals surface area contributed by atoms with Gasteiger partial charge in [0.15, 0.2) is 0 Å². The molecule has 0 aromatic heterocycles. The lowest BCUT2D eigenvalue weighted by Crippen LogP contribution is -2.29. The van der Waals surface area contributed by atoms with E-state index >= 15 is 0 Å². The minimum Gasteiger partial charge on any atom is -0.466 e. The summed E-state index contributed by atoms with van der Waals surface area (Å²) in [6.07, 6.45) is 36.9. The number of esters is 2. The van der Waals surface area contributed by atoms with Gasteiger partial charge in [0, 0.05) is 19.4 Å². The van der Waals surface area contributed by atoms with Crippen LogP contribution in [0.15, 0.2) is 0 Å². The van der Waals surface area contributed by atoms with Crippen molar-refractivity contribution in [2.75, 3.05) is 46.1 Å². The number of ether oxygens (including phenoxy) is 2. The molecular weight excluding hydrogens is 653 g/mol. The van der Waals surface area contributed by atoms with Gasteiger partial charge in [-0.2, -0.15) is 0 Å². The van der Waals surface area contributed by atoms with Crippen molar-refractivity contribution in [2.24, 2.45) is 5.92 Å². The molecule has 1 atom stereocenters. The van der Waals surface area contributed by atoms with E-state index in [0.717, 1.165) is 122 Å². The first-order chi connectivity index (χ1) is 25.6. The highest BCUT2D eigenvalue weighted by atomic mass is 19.1. The van der Waals surface area contributed by atoms with Gasteiger partial charge in [0.2, 0.25) is 0 Å². The van der Waals surface area contributed by atoms with E-state index in [9.17, 15) is 19.1 Å². The number of carbonyl (C=O) groups excluding carboxylic acids is 2. The third-order valence-electron chi connectivity index (χ3n) is 10.6. The molecular formula is C45H88FNO5. The minimum atomic E-state index is -0.194. The Morgan fingerprint density at radius 3 is 1.38 bits per heavy atom. The predicted molar refractivity (Wildman–Crippen MR) is 219 cm³/mol. The molecule has 52 heavy (non-hydrogen) atoms. The minimum absolute atomic E-state index is 0.0352. The van der Waals surface area contributed by atoms with E-state index < -0.39 is 0 Å². The first-order valence-corrected chi connectivity index (χ1v) is 22.8. The Morgan fingerprint density at radius 1 is 0.500 bits per heavy atom. The van der Waals surface area contributed by atoms with Crippen molar-refractivity contribution in [2.45, 2.75) is 226 Å². The number of hydrogen-bond donors (Lipinski definition) is 1. The molecule has 0 saturated carbocycles. The maximum atomic E-state index is 12.5. The average Bonchev–Trinajstić information content (AvgIpc) is 3.14. The number of rotatable bonds is 43. The van der Waals surface area contributed by atoms with Crippen LogP contribution in [0.5, 0.6) is 0 Å². The maximum absolute atomic E-state index is 12.5. The van der Waals surface area contributed by atoms with Crippen LogP contribution in [-0.4, -0.2) is 68.1 Å². The van der Waals surface area contributed by atoms with Crippen LogP contribution in [0.2, 0.25) is 0 Å². The molecule has 0 fully saturated rings. The largest absolute Gasteiger partial charge is 0.466 e. The van der Waals surface area contributed by atoms with E-state index in [1.54, 1.807) is 0 Å². The Kier molecular flexibility index (Phi) is 41.5. The molecule has 6 nitrogen and oxygen atoms in total. The monoisotopic (exact) mass is 742 g/mol. The quantitative estimate of drug-likeness (QED) is 0.0495. The number of nitrogens with zero attached hydrogens (tertiary/aromatic N) is 1. The number of halogens is 1. The highest BCUT2D eigenvalue weighted by molar-refractivity contribution is 5.69. The summed E-state index contributed by atoms with van der Waals surface area (Å²) in [7, 11) is 0. The van der Waals surface area contributed by atoms with Gasteiger partial charge in [-0.05, 0) is 70.4 Å². The normalized spacial score (nSPS) is 12.1. The van der Waals surface area contributed by atoms with Crippen LogP contribution in [-0.2, 0) is 19.1 Å². The molecule has 310 valence electrons. The second-order valence-corrected chi connectivity index (χ2v) is 15.6. The van der Waals surface area contributed by atoms with Gasteiger partial charge in [-0.25, -0.2) is 0 Å². The van der Waals surface area contributed by atoms with Crippen LogP contribution in [0, 0.1) is 5.92 Å². The van der Waals surface area contributed by atoms with Gasteiger partial charge >= 0.3 is 11.9 Å². The fourth-order valence-corrected chi connectivity index (χ4v) is 7.11. The Morgan fingerprint density at radius 2 is 0.904 bits per heavy atom. The molecule has 0 rings (SSSR count). The SMILES string of the molecule is CCCCCCCCCOC(=O)CCCCCCCN(CCO)CCCCCCCC(=O)OCC(CCCCCCCC)CCCCCCCCF. The molecule has 0 aliphatic heterocycles. The summed E-state index contributed by atoms with van der Waals surface area (Å²) in [6, 6.07) is 0. The van der Waals surface area contributed by atoms with E-state index in [0.29, 0.717) is 38.4 Å². The zero-order valence-corrected chi connectivity index (χ0v) is 34.8. The van der Waals surface area contributed by atoms with Crippen LogP contribution in [0.4, 0.5) is 4.39 Å². The van der Waals surface area contributed by atoms with Crippen molar-refractivity contribution in [1.82, 2.24) is 4.90 Å². The van der Waals surface area contributed by atoms with Crippen molar-refractivity contribution in [3.63, 3.8) is 0 Å². The van der Waals surface area contributed by atoms with Crippen LogP contribution < -0.4 is 0 Å². The van der Waals surface area contributed by atoms with Gasteiger partial charge in [-0.1, -0.05) is 162 Å². The van der Waals surface area contributed by atoms with Gasteiger partial charge in [0.25, 0.3) is 0 Å². The smallest absolute Gasteiger partial charge is 0.305 e. The zero-order valence-electron chi connectivity index (χ0n) is 34.8. The van der Waals surface area contributed by atoms with Gasteiger partial charge in [-0.3, -0.25) is 14.0 Å². The van der Waals surface area contributed by atoms with Crippen molar-refractivity contribution in [3.05, 3.63) is 0 Å². The molecule has 0 aliphatic rings. The summed E-state index contributed by atoms with van der Waals surface area (Å²) in [4.78, 5) is 26.9. The molecule has 0 aliphatic carbocycles. The highest BCUT2D eigenvalue weighted by Crippen LogP contribution is 2.20.